The third-order valence-electron chi connectivity index (χ3n) is 5.03. The Morgan fingerprint density at radius 2 is 2.05 bits per heavy atom. The molecule has 0 unspecified atom stereocenters. The second-order valence-corrected chi connectivity index (χ2v) is 6.31. The zero-order chi connectivity index (χ0) is 15.0. The van der Waals surface area contributed by atoms with E-state index in [1.165, 1.54) is 11.1 Å². The van der Waals surface area contributed by atoms with Gasteiger partial charge in [-0.15, -0.1) is 18.0 Å². The molecule has 2 heterocycles. The number of methoxy groups -OCH3 is 2. The lowest BCUT2D eigenvalue weighted by Crippen LogP contribution is -2.68. The highest BCUT2D eigenvalue weighted by atomic mass is 35.5. The number of quaternary nitrogens is 1. The van der Waals surface area contributed by atoms with E-state index in [2.05, 4.69) is 18.1 Å². The van der Waals surface area contributed by atoms with Gasteiger partial charge >= 0.3 is 0 Å². The summed E-state index contributed by atoms with van der Waals surface area (Å²) in [5.74, 6) is 5.63. The van der Waals surface area contributed by atoms with E-state index in [9.17, 15) is 0 Å². The van der Waals surface area contributed by atoms with Gasteiger partial charge in [0.25, 0.3) is 0 Å². The van der Waals surface area contributed by atoms with Gasteiger partial charge in [0.15, 0.2) is 11.5 Å². The van der Waals surface area contributed by atoms with Crippen LogP contribution in [0.1, 0.15) is 17.2 Å². The maximum atomic E-state index is 6.17. The Balaban J connectivity index is 2.06. The van der Waals surface area contributed by atoms with Gasteiger partial charge in [-0.25, -0.2) is 0 Å². The number of halogens is 1. The predicted octanol–water partition coefficient (Wildman–Crippen LogP) is 2.62. The molecule has 0 bridgehead atoms. The first kappa shape index (κ1) is 14.6. The highest BCUT2D eigenvalue weighted by Gasteiger charge is 2.56. The SMILES string of the molecule is C#CC[N@+]12CCc3cc(OC)c(OC)cc3[C@H]1[C@H](CCl)C2. The van der Waals surface area contributed by atoms with Crippen LogP contribution in [-0.2, 0) is 6.42 Å². The summed E-state index contributed by atoms with van der Waals surface area (Å²) in [4.78, 5) is 0. The standard InChI is InChI=1S/C17H21ClNO2/c1-4-6-19-7-5-12-8-15(20-2)16(21-3)9-14(12)17(19)13(10-18)11-19/h1,8-9,13,17H,5-7,10-11H2,2-3H3/q+1/t13-,17-,19-/m1/s1. The Labute approximate surface area is 131 Å². The van der Waals surface area contributed by atoms with Gasteiger partial charge in [-0.05, 0) is 23.6 Å². The summed E-state index contributed by atoms with van der Waals surface area (Å²) in [6, 6.07) is 4.64. The summed E-state index contributed by atoms with van der Waals surface area (Å²) in [5.41, 5.74) is 2.68. The van der Waals surface area contributed by atoms with Gasteiger partial charge in [-0.2, -0.15) is 0 Å². The molecule has 1 fully saturated rings. The topological polar surface area (TPSA) is 18.5 Å². The minimum Gasteiger partial charge on any atom is -0.493 e. The van der Waals surface area contributed by atoms with E-state index >= 15 is 0 Å². The molecule has 3 atom stereocenters. The summed E-state index contributed by atoms with van der Waals surface area (Å²) < 4.78 is 11.9. The van der Waals surface area contributed by atoms with Crippen LogP contribution in [0.2, 0.25) is 0 Å². The second-order valence-electron chi connectivity index (χ2n) is 6.00. The van der Waals surface area contributed by atoms with E-state index in [4.69, 9.17) is 27.5 Å². The van der Waals surface area contributed by atoms with Crippen LogP contribution in [0, 0.1) is 18.3 Å². The van der Waals surface area contributed by atoms with E-state index in [-0.39, 0.29) is 0 Å². The summed E-state index contributed by atoms with van der Waals surface area (Å²) in [5, 5.41) is 0. The van der Waals surface area contributed by atoms with Crippen LogP contribution >= 0.6 is 11.6 Å². The van der Waals surface area contributed by atoms with E-state index in [1.54, 1.807) is 14.2 Å². The van der Waals surface area contributed by atoms with Crippen molar-refractivity contribution in [2.75, 3.05) is 39.7 Å². The van der Waals surface area contributed by atoms with Crippen molar-refractivity contribution in [3.8, 4) is 23.8 Å². The molecule has 0 radical (unpaired) electrons. The van der Waals surface area contributed by atoms with Crippen molar-refractivity contribution in [2.24, 2.45) is 5.92 Å². The van der Waals surface area contributed by atoms with E-state index in [1.807, 2.05) is 0 Å². The van der Waals surface area contributed by atoms with Crippen LogP contribution < -0.4 is 9.47 Å². The molecule has 0 aromatic heterocycles. The van der Waals surface area contributed by atoms with Gasteiger partial charge in [-0.3, -0.25) is 0 Å². The summed E-state index contributed by atoms with van der Waals surface area (Å²) in [6.07, 6.45) is 6.64. The zero-order valence-electron chi connectivity index (χ0n) is 12.6. The fourth-order valence-corrected chi connectivity index (χ4v) is 4.36. The van der Waals surface area contributed by atoms with Crippen molar-refractivity contribution in [2.45, 2.75) is 12.5 Å². The van der Waals surface area contributed by atoms with Crippen LogP contribution in [0.5, 0.6) is 11.5 Å². The van der Waals surface area contributed by atoms with Crippen molar-refractivity contribution in [3.63, 3.8) is 0 Å². The Hall–Kier alpha value is -1.37. The predicted molar refractivity (Wildman–Crippen MR) is 83.9 cm³/mol. The molecule has 0 spiro atoms. The van der Waals surface area contributed by atoms with Gasteiger partial charge < -0.3 is 14.0 Å². The molecule has 0 amide bonds. The monoisotopic (exact) mass is 306 g/mol. The number of terminal acetylenes is 1. The van der Waals surface area contributed by atoms with Gasteiger partial charge in [-0.1, -0.05) is 0 Å². The number of hydrogen-bond acceptors (Lipinski definition) is 2. The normalized spacial score (nSPS) is 29.6. The average Bonchev–Trinajstić information content (AvgIpc) is 2.49. The fraction of sp³-hybridized carbons (Fsp3) is 0.529. The maximum Gasteiger partial charge on any atom is 0.161 e. The van der Waals surface area contributed by atoms with E-state index in [0.29, 0.717) is 17.8 Å². The molecular weight excluding hydrogens is 286 g/mol. The van der Waals surface area contributed by atoms with Crippen LogP contribution in [0.3, 0.4) is 0 Å². The van der Waals surface area contributed by atoms with Crippen molar-refractivity contribution in [1.82, 2.24) is 0 Å². The molecule has 2 aliphatic heterocycles. The minimum atomic E-state index is 0.405. The molecule has 21 heavy (non-hydrogen) atoms. The Bertz CT molecular complexity index is 595. The van der Waals surface area contributed by atoms with Crippen LogP contribution in [0.25, 0.3) is 0 Å². The molecule has 0 saturated carbocycles. The lowest BCUT2D eigenvalue weighted by molar-refractivity contribution is -1.00. The minimum absolute atomic E-state index is 0.405. The maximum absolute atomic E-state index is 6.17. The molecule has 0 aliphatic carbocycles. The number of hydrogen-bond donors (Lipinski definition) is 0. The van der Waals surface area contributed by atoms with Crippen molar-refractivity contribution >= 4 is 11.6 Å². The summed E-state index contributed by atoms with van der Waals surface area (Å²) in [7, 11) is 3.35. The second kappa shape index (κ2) is 5.44. The van der Waals surface area contributed by atoms with Crippen LogP contribution in [-0.4, -0.2) is 44.2 Å². The smallest absolute Gasteiger partial charge is 0.161 e. The lowest BCUT2D eigenvalue weighted by atomic mass is 9.75. The van der Waals surface area contributed by atoms with Crippen molar-refractivity contribution in [3.05, 3.63) is 23.3 Å². The number of alkyl halides is 1. The lowest BCUT2D eigenvalue weighted by Gasteiger charge is -2.58. The van der Waals surface area contributed by atoms with Gasteiger partial charge in [0, 0.05) is 17.9 Å². The van der Waals surface area contributed by atoms with Crippen LogP contribution in [0.4, 0.5) is 0 Å². The zero-order valence-corrected chi connectivity index (χ0v) is 13.3. The molecular formula is C17H21ClNO2+. The molecule has 1 aromatic rings. The number of benzene rings is 1. The molecule has 4 heteroatoms. The van der Waals surface area contributed by atoms with Gasteiger partial charge in [0.05, 0.1) is 33.2 Å². The Morgan fingerprint density at radius 3 is 2.67 bits per heavy atom. The third kappa shape index (κ3) is 2.09. The van der Waals surface area contributed by atoms with Gasteiger partial charge in [0.1, 0.15) is 12.6 Å². The number of rotatable bonds is 4. The first-order chi connectivity index (χ1) is 10.2. The largest absolute Gasteiger partial charge is 0.493 e. The average molecular weight is 307 g/mol. The highest BCUT2D eigenvalue weighted by molar-refractivity contribution is 6.18. The fourth-order valence-electron chi connectivity index (χ4n) is 4.10. The van der Waals surface area contributed by atoms with Gasteiger partial charge in [0.2, 0.25) is 0 Å². The Kier molecular flexibility index (Phi) is 3.77. The molecule has 2 aliphatic rings. The molecule has 112 valence electrons. The van der Waals surface area contributed by atoms with Crippen molar-refractivity contribution in [1.29, 1.82) is 0 Å². The summed E-state index contributed by atoms with van der Waals surface area (Å²) in [6.45, 7) is 2.96. The summed E-state index contributed by atoms with van der Waals surface area (Å²) >= 11 is 6.17. The van der Waals surface area contributed by atoms with E-state index in [0.717, 1.165) is 42.0 Å². The molecule has 1 aromatic carbocycles. The number of ether oxygens (including phenoxy) is 2. The molecule has 1 saturated heterocycles. The third-order valence-corrected chi connectivity index (χ3v) is 5.43. The Morgan fingerprint density at radius 1 is 1.33 bits per heavy atom. The molecule has 3 rings (SSSR count). The first-order valence-corrected chi connectivity index (χ1v) is 7.82. The number of fused-ring (bicyclic) bond motifs is 3. The molecule has 3 nitrogen and oxygen atoms in total. The quantitative estimate of drug-likeness (QED) is 0.484. The first-order valence-electron chi connectivity index (χ1n) is 7.29. The van der Waals surface area contributed by atoms with Crippen molar-refractivity contribution < 1.29 is 14.0 Å². The molecule has 0 N–H and O–H groups in total. The van der Waals surface area contributed by atoms with E-state index < -0.39 is 0 Å². The van der Waals surface area contributed by atoms with Crippen LogP contribution in [0.15, 0.2) is 12.1 Å². The highest BCUT2D eigenvalue weighted by Crippen LogP contribution is 2.52. The number of nitrogens with zero attached hydrogens (tertiary/aromatic N) is 1.